The Morgan fingerprint density at radius 3 is 2.62 bits per heavy atom. The minimum absolute atomic E-state index is 0.1000. The summed E-state index contributed by atoms with van der Waals surface area (Å²) in [5.74, 6) is -2.12. The van der Waals surface area contributed by atoms with Crippen molar-refractivity contribution in [1.82, 2.24) is 0 Å². The number of carbonyl (C=O) groups is 1. The number of halogens is 1. The molecule has 1 aromatic rings. The van der Waals surface area contributed by atoms with Gasteiger partial charge >= 0.3 is 5.97 Å². The fraction of sp³-hybridized carbons (Fsp3) is 0.364. The van der Waals surface area contributed by atoms with E-state index in [0.717, 1.165) is 0 Å². The molecule has 1 heterocycles. The number of benzene rings is 1. The molecule has 0 atom stereocenters. The molecular formula is C11H11FO4. The van der Waals surface area contributed by atoms with Crippen LogP contribution in [0.2, 0.25) is 0 Å². The Morgan fingerprint density at radius 2 is 2.19 bits per heavy atom. The molecule has 1 fully saturated rings. The summed E-state index contributed by atoms with van der Waals surface area (Å²) < 4.78 is 18.2. The summed E-state index contributed by atoms with van der Waals surface area (Å²) in [5, 5.41) is 17.9. The van der Waals surface area contributed by atoms with Crippen molar-refractivity contribution in [1.29, 1.82) is 0 Å². The van der Waals surface area contributed by atoms with Crippen molar-refractivity contribution in [3.8, 4) is 5.75 Å². The summed E-state index contributed by atoms with van der Waals surface area (Å²) in [7, 11) is 0. The average molecular weight is 226 g/mol. The number of phenolic OH excluding ortho intramolecular Hbond substituents is 1. The van der Waals surface area contributed by atoms with Gasteiger partial charge in [0.2, 0.25) is 0 Å². The molecule has 0 aromatic heterocycles. The Kier molecular flexibility index (Phi) is 2.55. The highest BCUT2D eigenvalue weighted by Gasteiger charge is 2.42. The van der Waals surface area contributed by atoms with Gasteiger partial charge in [-0.15, -0.1) is 0 Å². The Bertz CT molecular complexity index is 426. The van der Waals surface area contributed by atoms with E-state index in [9.17, 15) is 9.18 Å². The second-order valence-corrected chi connectivity index (χ2v) is 4.01. The first kappa shape index (κ1) is 10.9. The van der Waals surface area contributed by atoms with Crippen molar-refractivity contribution >= 4 is 5.97 Å². The highest BCUT2D eigenvalue weighted by atomic mass is 19.1. The van der Waals surface area contributed by atoms with Crippen molar-refractivity contribution < 1.29 is 24.1 Å². The number of carboxylic acids is 1. The van der Waals surface area contributed by atoms with Crippen LogP contribution in [-0.4, -0.2) is 29.4 Å². The van der Waals surface area contributed by atoms with Gasteiger partial charge in [0.05, 0.1) is 25.0 Å². The van der Waals surface area contributed by atoms with Crippen LogP contribution in [0.4, 0.5) is 4.39 Å². The van der Waals surface area contributed by atoms with E-state index < -0.39 is 23.0 Å². The second kappa shape index (κ2) is 3.75. The van der Waals surface area contributed by atoms with E-state index in [4.69, 9.17) is 14.9 Å². The van der Waals surface area contributed by atoms with Gasteiger partial charge in [0.25, 0.3) is 0 Å². The van der Waals surface area contributed by atoms with Gasteiger partial charge in [-0.05, 0) is 17.7 Å². The first-order valence-electron chi connectivity index (χ1n) is 4.82. The monoisotopic (exact) mass is 226 g/mol. The minimum atomic E-state index is -0.947. The zero-order chi connectivity index (χ0) is 11.8. The highest BCUT2D eigenvalue weighted by molar-refractivity contribution is 5.69. The summed E-state index contributed by atoms with van der Waals surface area (Å²) in [6, 6.07) is 3.93. The normalized spacial score (nSPS) is 17.8. The number of ether oxygens (including phenoxy) is 1. The van der Waals surface area contributed by atoms with E-state index in [1.807, 2.05) is 0 Å². The number of rotatable bonds is 3. The van der Waals surface area contributed by atoms with Crippen LogP contribution in [-0.2, 0) is 14.9 Å². The summed E-state index contributed by atoms with van der Waals surface area (Å²) >= 11 is 0. The number of carboxylic acid groups (broad SMARTS) is 1. The smallest absolute Gasteiger partial charge is 0.304 e. The zero-order valence-corrected chi connectivity index (χ0v) is 8.44. The quantitative estimate of drug-likeness (QED) is 0.814. The standard InChI is InChI=1S/C11H11FO4/c12-8-3-7(1-2-9(8)13)11(4-10(14)15)5-16-6-11/h1-3,13H,4-6H2,(H,14,15). The Morgan fingerprint density at radius 1 is 1.50 bits per heavy atom. The zero-order valence-electron chi connectivity index (χ0n) is 8.44. The molecule has 16 heavy (non-hydrogen) atoms. The first-order valence-corrected chi connectivity index (χ1v) is 4.82. The molecule has 1 aliphatic heterocycles. The largest absolute Gasteiger partial charge is 0.505 e. The number of phenols is 1. The molecule has 2 N–H and O–H groups in total. The van der Waals surface area contributed by atoms with Gasteiger partial charge in [-0.3, -0.25) is 4.79 Å². The summed E-state index contributed by atoms with van der Waals surface area (Å²) in [5.41, 5.74) is -0.100. The third-order valence-electron chi connectivity index (χ3n) is 2.81. The maximum absolute atomic E-state index is 13.2. The summed E-state index contributed by atoms with van der Waals surface area (Å²) in [4.78, 5) is 10.7. The lowest BCUT2D eigenvalue weighted by molar-refractivity contribution is -0.145. The molecule has 0 saturated carbocycles. The van der Waals surface area contributed by atoms with Crippen LogP contribution in [0.5, 0.6) is 5.75 Å². The molecule has 2 rings (SSSR count). The lowest BCUT2D eigenvalue weighted by atomic mass is 9.76. The first-order chi connectivity index (χ1) is 7.53. The number of aromatic hydroxyl groups is 1. The Balaban J connectivity index is 2.33. The van der Waals surface area contributed by atoms with Crippen molar-refractivity contribution in [2.24, 2.45) is 0 Å². The molecule has 1 aromatic carbocycles. The number of hydrogen-bond donors (Lipinski definition) is 2. The van der Waals surface area contributed by atoms with Gasteiger partial charge in [-0.1, -0.05) is 6.07 Å². The van der Waals surface area contributed by atoms with Crippen molar-refractivity contribution in [2.45, 2.75) is 11.8 Å². The summed E-state index contributed by atoms with van der Waals surface area (Å²) in [6.07, 6.45) is -0.1000. The molecule has 5 heteroatoms. The molecule has 1 aliphatic rings. The van der Waals surface area contributed by atoms with Gasteiger partial charge in [0.15, 0.2) is 11.6 Å². The molecule has 0 amide bonds. The maximum Gasteiger partial charge on any atom is 0.304 e. The van der Waals surface area contributed by atoms with E-state index in [1.54, 1.807) is 0 Å². The topological polar surface area (TPSA) is 66.8 Å². The Hall–Kier alpha value is -1.62. The van der Waals surface area contributed by atoms with Gasteiger partial charge < -0.3 is 14.9 Å². The van der Waals surface area contributed by atoms with Crippen LogP contribution in [0.3, 0.4) is 0 Å². The number of aliphatic carboxylic acids is 1. The van der Waals surface area contributed by atoms with Gasteiger partial charge in [-0.25, -0.2) is 4.39 Å². The van der Waals surface area contributed by atoms with E-state index >= 15 is 0 Å². The molecule has 86 valence electrons. The predicted octanol–water partition coefficient (Wildman–Crippen LogP) is 1.27. The minimum Gasteiger partial charge on any atom is -0.505 e. The van der Waals surface area contributed by atoms with Gasteiger partial charge in [-0.2, -0.15) is 0 Å². The van der Waals surface area contributed by atoms with Crippen LogP contribution in [0, 0.1) is 5.82 Å². The molecule has 1 saturated heterocycles. The molecule has 4 nitrogen and oxygen atoms in total. The molecule has 0 spiro atoms. The maximum atomic E-state index is 13.2. The van der Waals surface area contributed by atoms with Gasteiger partial charge in [0.1, 0.15) is 0 Å². The van der Waals surface area contributed by atoms with Gasteiger partial charge in [0, 0.05) is 0 Å². The molecule has 0 bridgehead atoms. The van der Waals surface area contributed by atoms with E-state index in [-0.39, 0.29) is 19.6 Å². The second-order valence-electron chi connectivity index (χ2n) is 4.01. The van der Waals surface area contributed by atoms with Crippen molar-refractivity contribution in [2.75, 3.05) is 13.2 Å². The van der Waals surface area contributed by atoms with E-state index in [0.29, 0.717) is 5.56 Å². The third-order valence-corrected chi connectivity index (χ3v) is 2.81. The van der Waals surface area contributed by atoms with Crippen molar-refractivity contribution in [3.05, 3.63) is 29.6 Å². The lowest BCUT2D eigenvalue weighted by Gasteiger charge is -2.40. The van der Waals surface area contributed by atoms with Crippen LogP contribution in [0.15, 0.2) is 18.2 Å². The molecule has 0 unspecified atom stereocenters. The third kappa shape index (κ3) is 1.74. The fourth-order valence-corrected chi connectivity index (χ4v) is 1.85. The lowest BCUT2D eigenvalue weighted by Crippen LogP contribution is -2.48. The Labute approximate surface area is 91.3 Å². The molecule has 0 aliphatic carbocycles. The summed E-state index contributed by atoms with van der Waals surface area (Å²) in [6.45, 7) is 0.535. The van der Waals surface area contributed by atoms with E-state index in [2.05, 4.69) is 0 Å². The fourth-order valence-electron chi connectivity index (χ4n) is 1.85. The van der Waals surface area contributed by atoms with Crippen LogP contribution in [0.25, 0.3) is 0 Å². The van der Waals surface area contributed by atoms with Crippen LogP contribution >= 0.6 is 0 Å². The molecular weight excluding hydrogens is 215 g/mol. The number of hydrogen-bond acceptors (Lipinski definition) is 3. The predicted molar refractivity (Wildman–Crippen MR) is 52.8 cm³/mol. The molecule has 0 radical (unpaired) electrons. The van der Waals surface area contributed by atoms with Crippen LogP contribution in [0.1, 0.15) is 12.0 Å². The average Bonchev–Trinajstić information content (AvgIpc) is 2.16. The van der Waals surface area contributed by atoms with Crippen molar-refractivity contribution in [3.63, 3.8) is 0 Å². The highest BCUT2D eigenvalue weighted by Crippen LogP contribution is 2.37. The SMILES string of the molecule is O=C(O)CC1(c2ccc(O)c(F)c2)COC1. The van der Waals surface area contributed by atoms with E-state index in [1.165, 1.54) is 18.2 Å². The van der Waals surface area contributed by atoms with Crippen LogP contribution < -0.4 is 0 Å².